The van der Waals surface area contributed by atoms with Gasteiger partial charge in [0.1, 0.15) is 5.84 Å². The van der Waals surface area contributed by atoms with Crippen molar-refractivity contribution in [1.29, 1.82) is 0 Å². The highest BCUT2D eigenvalue weighted by Gasteiger charge is 2.13. The summed E-state index contributed by atoms with van der Waals surface area (Å²) in [5, 5.41) is 6.05. The standard InChI is InChI=1S/C7H11N3O3/c1-2-13-7(12)8-5-3-4-6(11)10-9-5/h2-4H2,1H3,(H,10,11)(H,8,9,12). The molecule has 0 fully saturated rings. The van der Waals surface area contributed by atoms with Gasteiger partial charge in [0.15, 0.2) is 0 Å². The molecule has 2 N–H and O–H groups in total. The number of hydrazone groups is 1. The number of nitrogens with zero attached hydrogens (tertiary/aromatic N) is 1. The summed E-state index contributed by atoms with van der Waals surface area (Å²) in [5.74, 6) is 0.285. The molecule has 1 heterocycles. The molecule has 0 atom stereocenters. The van der Waals surface area contributed by atoms with Crippen LogP contribution in [0, 0.1) is 0 Å². The summed E-state index contributed by atoms with van der Waals surface area (Å²) in [4.78, 5) is 21.5. The van der Waals surface area contributed by atoms with Crippen LogP contribution in [0.4, 0.5) is 4.79 Å². The Morgan fingerprint density at radius 3 is 3.00 bits per heavy atom. The lowest BCUT2D eigenvalue weighted by molar-refractivity contribution is -0.121. The molecular weight excluding hydrogens is 174 g/mol. The molecule has 0 aromatic carbocycles. The Labute approximate surface area is 75.3 Å². The quantitative estimate of drug-likeness (QED) is 0.601. The highest BCUT2D eigenvalue weighted by Crippen LogP contribution is 1.96. The maximum atomic E-state index is 10.9. The fourth-order valence-electron chi connectivity index (χ4n) is 0.849. The maximum absolute atomic E-state index is 10.9. The zero-order valence-corrected chi connectivity index (χ0v) is 7.29. The van der Waals surface area contributed by atoms with Gasteiger partial charge in [0.25, 0.3) is 0 Å². The monoisotopic (exact) mass is 185 g/mol. The molecule has 0 spiro atoms. The van der Waals surface area contributed by atoms with Crippen molar-refractivity contribution in [1.82, 2.24) is 10.7 Å². The largest absolute Gasteiger partial charge is 0.450 e. The average molecular weight is 185 g/mol. The number of ether oxygens (including phenoxy) is 1. The van der Waals surface area contributed by atoms with Gasteiger partial charge in [0, 0.05) is 12.8 Å². The molecule has 72 valence electrons. The van der Waals surface area contributed by atoms with E-state index in [2.05, 4.69) is 20.6 Å². The van der Waals surface area contributed by atoms with E-state index in [0.717, 1.165) is 0 Å². The van der Waals surface area contributed by atoms with Crippen LogP contribution >= 0.6 is 0 Å². The first-order chi connectivity index (χ1) is 6.22. The lowest BCUT2D eigenvalue weighted by atomic mass is 10.2. The van der Waals surface area contributed by atoms with Gasteiger partial charge in [-0.3, -0.25) is 10.1 Å². The fraction of sp³-hybridized carbons (Fsp3) is 0.571. The van der Waals surface area contributed by atoms with Gasteiger partial charge in [-0.05, 0) is 6.92 Å². The summed E-state index contributed by atoms with van der Waals surface area (Å²) >= 11 is 0. The van der Waals surface area contributed by atoms with Crippen LogP contribution in [0.3, 0.4) is 0 Å². The van der Waals surface area contributed by atoms with Crippen LogP contribution in [0.25, 0.3) is 0 Å². The minimum atomic E-state index is -0.544. The number of hydrogen-bond donors (Lipinski definition) is 2. The number of hydrogen-bond acceptors (Lipinski definition) is 4. The Hall–Kier alpha value is -1.59. The molecule has 6 heteroatoms. The van der Waals surface area contributed by atoms with Crippen LogP contribution in [0.1, 0.15) is 19.8 Å². The predicted molar refractivity (Wildman–Crippen MR) is 45.0 cm³/mol. The molecule has 0 aromatic heterocycles. The van der Waals surface area contributed by atoms with Gasteiger partial charge in [-0.25, -0.2) is 10.2 Å². The molecule has 0 bridgehead atoms. The summed E-state index contributed by atoms with van der Waals surface area (Å²) < 4.78 is 4.63. The molecule has 13 heavy (non-hydrogen) atoms. The topological polar surface area (TPSA) is 79.8 Å². The van der Waals surface area contributed by atoms with E-state index in [1.54, 1.807) is 6.92 Å². The van der Waals surface area contributed by atoms with Crippen molar-refractivity contribution in [3.05, 3.63) is 0 Å². The molecule has 2 amide bonds. The van der Waals surface area contributed by atoms with E-state index in [0.29, 0.717) is 25.3 Å². The second-order valence-corrected chi connectivity index (χ2v) is 2.44. The van der Waals surface area contributed by atoms with Crippen LogP contribution in [0.5, 0.6) is 0 Å². The van der Waals surface area contributed by atoms with E-state index in [1.807, 2.05) is 0 Å². The molecule has 1 rings (SSSR count). The van der Waals surface area contributed by atoms with Crippen molar-refractivity contribution < 1.29 is 14.3 Å². The Morgan fingerprint density at radius 1 is 1.69 bits per heavy atom. The van der Waals surface area contributed by atoms with E-state index in [1.165, 1.54) is 0 Å². The first-order valence-electron chi connectivity index (χ1n) is 4.01. The van der Waals surface area contributed by atoms with Crippen LogP contribution < -0.4 is 10.7 Å². The minimum Gasteiger partial charge on any atom is -0.450 e. The Bertz CT molecular complexity index is 249. The Kier molecular flexibility index (Phi) is 3.24. The summed E-state index contributed by atoms with van der Waals surface area (Å²) in [6.45, 7) is 2.02. The number of carbonyl (C=O) groups is 2. The van der Waals surface area contributed by atoms with E-state index in [4.69, 9.17) is 0 Å². The molecule has 1 aliphatic rings. The molecule has 0 unspecified atom stereocenters. The summed E-state index contributed by atoms with van der Waals surface area (Å²) in [6, 6.07) is 0. The Balaban J connectivity index is 2.37. The number of amides is 2. The third-order valence-electron chi connectivity index (χ3n) is 1.43. The van der Waals surface area contributed by atoms with Crippen LogP contribution in [0.2, 0.25) is 0 Å². The van der Waals surface area contributed by atoms with Crippen LogP contribution in [-0.4, -0.2) is 24.4 Å². The molecule has 0 saturated heterocycles. The number of amidine groups is 1. The summed E-state index contributed by atoms with van der Waals surface area (Å²) in [7, 11) is 0. The zero-order chi connectivity index (χ0) is 9.68. The van der Waals surface area contributed by atoms with Gasteiger partial charge >= 0.3 is 6.09 Å². The molecule has 0 aliphatic carbocycles. The molecule has 6 nitrogen and oxygen atoms in total. The number of nitrogens with one attached hydrogen (secondary N) is 2. The number of carbonyl (C=O) groups excluding carboxylic acids is 2. The molecule has 0 radical (unpaired) electrons. The first kappa shape index (κ1) is 9.50. The van der Waals surface area contributed by atoms with E-state index >= 15 is 0 Å². The second-order valence-electron chi connectivity index (χ2n) is 2.44. The normalized spacial score (nSPS) is 15.8. The van der Waals surface area contributed by atoms with E-state index in [-0.39, 0.29) is 5.91 Å². The van der Waals surface area contributed by atoms with Gasteiger partial charge in [0.2, 0.25) is 5.91 Å². The van der Waals surface area contributed by atoms with Crippen molar-refractivity contribution in [2.75, 3.05) is 6.61 Å². The van der Waals surface area contributed by atoms with Crippen molar-refractivity contribution in [2.45, 2.75) is 19.8 Å². The highest BCUT2D eigenvalue weighted by molar-refractivity contribution is 5.98. The van der Waals surface area contributed by atoms with Crippen molar-refractivity contribution >= 4 is 17.8 Å². The van der Waals surface area contributed by atoms with Crippen molar-refractivity contribution in [3.8, 4) is 0 Å². The van der Waals surface area contributed by atoms with Crippen LogP contribution in [-0.2, 0) is 9.53 Å². The fourth-order valence-corrected chi connectivity index (χ4v) is 0.849. The predicted octanol–water partition coefficient (Wildman–Crippen LogP) is -0.0440. The average Bonchev–Trinajstić information content (AvgIpc) is 2.09. The maximum Gasteiger partial charge on any atom is 0.412 e. The van der Waals surface area contributed by atoms with Gasteiger partial charge in [-0.15, -0.1) is 0 Å². The smallest absolute Gasteiger partial charge is 0.412 e. The van der Waals surface area contributed by atoms with E-state index in [9.17, 15) is 9.59 Å². The van der Waals surface area contributed by atoms with Crippen molar-refractivity contribution in [2.24, 2.45) is 5.10 Å². The van der Waals surface area contributed by atoms with Gasteiger partial charge < -0.3 is 4.74 Å². The van der Waals surface area contributed by atoms with E-state index < -0.39 is 6.09 Å². The highest BCUT2D eigenvalue weighted by atomic mass is 16.5. The lowest BCUT2D eigenvalue weighted by Crippen LogP contribution is -2.37. The number of rotatable bonds is 1. The second kappa shape index (κ2) is 4.44. The van der Waals surface area contributed by atoms with Crippen molar-refractivity contribution in [3.63, 3.8) is 0 Å². The zero-order valence-electron chi connectivity index (χ0n) is 7.29. The third-order valence-corrected chi connectivity index (χ3v) is 1.43. The van der Waals surface area contributed by atoms with Gasteiger partial charge in [-0.1, -0.05) is 0 Å². The summed E-state index contributed by atoms with van der Waals surface area (Å²) in [5.41, 5.74) is 2.26. The molecule has 0 aromatic rings. The lowest BCUT2D eigenvalue weighted by Gasteiger charge is -2.12. The first-order valence-corrected chi connectivity index (χ1v) is 4.01. The van der Waals surface area contributed by atoms with Gasteiger partial charge in [-0.2, -0.15) is 5.10 Å². The molecule has 0 saturated carbocycles. The molecule has 1 aliphatic heterocycles. The Morgan fingerprint density at radius 2 is 2.46 bits per heavy atom. The summed E-state index contributed by atoms with van der Waals surface area (Å²) in [6.07, 6.45) is 0.230. The SMILES string of the molecule is CCOC(=O)NC1=NNC(=O)CC1. The van der Waals surface area contributed by atoms with Crippen LogP contribution in [0.15, 0.2) is 5.10 Å². The van der Waals surface area contributed by atoms with Gasteiger partial charge in [0.05, 0.1) is 6.61 Å². The third kappa shape index (κ3) is 3.10. The minimum absolute atomic E-state index is 0.144. The molecular formula is C7H11N3O3. The number of alkyl carbamates (subject to hydrolysis) is 1.